The first-order valence-corrected chi connectivity index (χ1v) is 5.89. The second-order valence-electron chi connectivity index (χ2n) is 4.62. The Bertz CT molecular complexity index is 398. The molecule has 0 spiro atoms. The first-order chi connectivity index (χ1) is 7.60. The molecular formula is C14H18O2. The normalized spacial score (nSPS) is 33.1. The summed E-state index contributed by atoms with van der Waals surface area (Å²) in [6.45, 7) is 6.14. The number of ether oxygens (including phenoxy) is 1. The van der Waals surface area contributed by atoms with Crippen molar-refractivity contribution in [3.63, 3.8) is 0 Å². The van der Waals surface area contributed by atoms with Gasteiger partial charge in [0.2, 0.25) is 0 Å². The van der Waals surface area contributed by atoms with Gasteiger partial charge in [-0.25, -0.2) is 0 Å². The Balaban J connectivity index is 2.47. The predicted octanol–water partition coefficient (Wildman–Crippen LogP) is 3.27. The fourth-order valence-corrected chi connectivity index (χ4v) is 2.68. The van der Waals surface area contributed by atoms with E-state index < -0.39 is 5.60 Å². The first-order valence-electron chi connectivity index (χ1n) is 5.89. The van der Waals surface area contributed by atoms with Crippen molar-refractivity contribution in [2.45, 2.75) is 39.2 Å². The second kappa shape index (κ2) is 3.62. The standard InChI is InChI=1S/C14H18O2/c1-4-13(3)12(15)16-14(13,5-2)11-9-7-6-8-10-11/h6-10H,4-5H2,1-3H3. The van der Waals surface area contributed by atoms with E-state index in [9.17, 15) is 4.79 Å². The SMILES string of the molecule is CCC1(C)C(=O)OC1(CC)c1ccccc1. The summed E-state index contributed by atoms with van der Waals surface area (Å²) < 4.78 is 5.53. The van der Waals surface area contributed by atoms with Crippen LogP contribution >= 0.6 is 0 Å². The van der Waals surface area contributed by atoms with Gasteiger partial charge in [-0.15, -0.1) is 0 Å². The highest BCUT2D eigenvalue weighted by molar-refractivity contribution is 5.85. The summed E-state index contributed by atoms with van der Waals surface area (Å²) in [6, 6.07) is 10.1. The molecule has 1 aliphatic rings. The lowest BCUT2D eigenvalue weighted by atomic mass is 9.62. The highest BCUT2D eigenvalue weighted by Gasteiger charge is 2.64. The van der Waals surface area contributed by atoms with Crippen molar-refractivity contribution in [1.29, 1.82) is 0 Å². The maximum Gasteiger partial charge on any atom is 0.317 e. The molecule has 0 aliphatic carbocycles. The molecule has 0 saturated carbocycles. The van der Waals surface area contributed by atoms with Crippen LogP contribution in [0.1, 0.15) is 39.2 Å². The Morgan fingerprint density at radius 2 is 1.75 bits per heavy atom. The Morgan fingerprint density at radius 1 is 1.12 bits per heavy atom. The van der Waals surface area contributed by atoms with Crippen LogP contribution in [0.2, 0.25) is 0 Å². The van der Waals surface area contributed by atoms with Gasteiger partial charge in [0.15, 0.2) is 5.60 Å². The molecule has 1 aromatic rings. The lowest BCUT2D eigenvalue weighted by molar-refractivity contribution is -0.247. The number of carbonyl (C=O) groups excluding carboxylic acids is 1. The number of benzene rings is 1. The number of cyclic esters (lactones) is 1. The molecule has 0 N–H and O–H groups in total. The third kappa shape index (κ3) is 1.16. The minimum absolute atomic E-state index is 0.0688. The van der Waals surface area contributed by atoms with Gasteiger partial charge < -0.3 is 4.74 Å². The van der Waals surface area contributed by atoms with Gasteiger partial charge in [0.1, 0.15) is 5.41 Å². The summed E-state index contributed by atoms with van der Waals surface area (Å²) in [6.07, 6.45) is 1.64. The molecule has 0 amide bonds. The average Bonchev–Trinajstić information content (AvgIpc) is 2.35. The molecule has 1 aromatic carbocycles. The van der Waals surface area contributed by atoms with E-state index in [0.717, 1.165) is 18.4 Å². The van der Waals surface area contributed by atoms with Gasteiger partial charge in [-0.1, -0.05) is 44.2 Å². The van der Waals surface area contributed by atoms with E-state index in [4.69, 9.17) is 4.74 Å². The van der Waals surface area contributed by atoms with Crippen LogP contribution in [-0.2, 0) is 15.1 Å². The Labute approximate surface area is 96.6 Å². The summed E-state index contributed by atoms with van der Waals surface area (Å²) in [5, 5.41) is 0. The van der Waals surface area contributed by atoms with E-state index in [0.29, 0.717) is 0 Å². The highest BCUT2D eigenvalue weighted by Crippen LogP contribution is 2.56. The molecule has 0 radical (unpaired) electrons. The van der Waals surface area contributed by atoms with Crippen molar-refractivity contribution in [2.75, 3.05) is 0 Å². The second-order valence-corrected chi connectivity index (χ2v) is 4.62. The van der Waals surface area contributed by atoms with Gasteiger partial charge >= 0.3 is 5.97 Å². The first kappa shape index (κ1) is 11.2. The monoisotopic (exact) mass is 218 g/mol. The van der Waals surface area contributed by atoms with E-state index in [2.05, 4.69) is 6.92 Å². The van der Waals surface area contributed by atoms with Crippen molar-refractivity contribution in [3.05, 3.63) is 35.9 Å². The molecule has 1 aliphatic heterocycles. The fourth-order valence-electron chi connectivity index (χ4n) is 2.68. The number of rotatable bonds is 3. The van der Waals surface area contributed by atoms with E-state index in [-0.39, 0.29) is 11.4 Å². The zero-order valence-corrected chi connectivity index (χ0v) is 10.1. The van der Waals surface area contributed by atoms with Crippen molar-refractivity contribution in [1.82, 2.24) is 0 Å². The molecule has 2 atom stereocenters. The topological polar surface area (TPSA) is 26.3 Å². The molecule has 2 nitrogen and oxygen atoms in total. The van der Waals surface area contributed by atoms with E-state index in [1.54, 1.807) is 0 Å². The smallest absolute Gasteiger partial charge is 0.317 e. The molecule has 1 saturated heterocycles. The Kier molecular flexibility index (Phi) is 2.53. The molecule has 2 unspecified atom stereocenters. The van der Waals surface area contributed by atoms with Crippen LogP contribution in [-0.4, -0.2) is 5.97 Å². The molecule has 1 heterocycles. The van der Waals surface area contributed by atoms with Crippen LogP contribution < -0.4 is 0 Å². The highest BCUT2D eigenvalue weighted by atomic mass is 16.6. The van der Waals surface area contributed by atoms with Gasteiger partial charge in [-0.2, -0.15) is 0 Å². The van der Waals surface area contributed by atoms with Gasteiger partial charge in [0.05, 0.1) is 0 Å². The quantitative estimate of drug-likeness (QED) is 0.728. The van der Waals surface area contributed by atoms with Crippen molar-refractivity contribution >= 4 is 5.97 Å². The number of esters is 1. The van der Waals surface area contributed by atoms with Crippen molar-refractivity contribution in [3.8, 4) is 0 Å². The third-order valence-corrected chi connectivity index (χ3v) is 4.05. The molecule has 2 heteroatoms. The summed E-state index contributed by atoms with van der Waals surface area (Å²) in [5.74, 6) is -0.0688. The summed E-state index contributed by atoms with van der Waals surface area (Å²) in [4.78, 5) is 11.7. The fraction of sp³-hybridized carbons (Fsp3) is 0.500. The van der Waals surface area contributed by atoms with Crippen LogP contribution in [0.4, 0.5) is 0 Å². The third-order valence-electron chi connectivity index (χ3n) is 4.05. The Hall–Kier alpha value is -1.31. The van der Waals surface area contributed by atoms with Crippen molar-refractivity contribution < 1.29 is 9.53 Å². The van der Waals surface area contributed by atoms with Gasteiger partial charge in [0.25, 0.3) is 0 Å². The lowest BCUT2D eigenvalue weighted by Gasteiger charge is -2.55. The molecular weight excluding hydrogens is 200 g/mol. The molecule has 2 rings (SSSR count). The number of hydrogen-bond acceptors (Lipinski definition) is 2. The minimum Gasteiger partial charge on any atom is -0.452 e. The van der Waals surface area contributed by atoms with Gasteiger partial charge in [0, 0.05) is 0 Å². The van der Waals surface area contributed by atoms with Crippen LogP contribution in [0.25, 0.3) is 0 Å². The molecule has 16 heavy (non-hydrogen) atoms. The van der Waals surface area contributed by atoms with Gasteiger partial charge in [-0.05, 0) is 25.3 Å². The van der Waals surface area contributed by atoms with Crippen molar-refractivity contribution in [2.24, 2.45) is 5.41 Å². The lowest BCUT2D eigenvalue weighted by Crippen LogP contribution is -2.62. The van der Waals surface area contributed by atoms with Crippen LogP contribution in [0, 0.1) is 5.41 Å². The molecule has 1 fully saturated rings. The van der Waals surface area contributed by atoms with Crippen LogP contribution in [0.15, 0.2) is 30.3 Å². The van der Waals surface area contributed by atoms with Gasteiger partial charge in [-0.3, -0.25) is 4.79 Å². The maximum absolute atomic E-state index is 11.7. The zero-order chi connectivity index (χ0) is 11.8. The van der Waals surface area contributed by atoms with E-state index >= 15 is 0 Å². The van der Waals surface area contributed by atoms with Crippen LogP contribution in [0.3, 0.4) is 0 Å². The summed E-state index contributed by atoms with van der Waals surface area (Å²) in [5.41, 5.74) is 0.324. The molecule has 0 bridgehead atoms. The number of carbonyl (C=O) groups is 1. The van der Waals surface area contributed by atoms with E-state index in [1.165, 1.54) is 0 Å². The molecule has 86 valence electrons. The zero-order valence-electron chi connectivity index (χ0n) is 10.1. The Morgan fingerprint density at radius 3 is 2.19 bits per heavy atom. The predicted molar refractivity (Wildman–Crippen MR) is 62.9 cm³/mol. The van der Waals surface area contributed by atoms with Crippen LogP contribution in [0.5, 0.6) is 0 Å². The van der Waals surface area contributed by atoms with E-state index in [1.807, 2.05) is 44.2 Å². The average molecular weight is 218 g/mol. The minimum atomic E-state index is -0.417. The molecule has 0 aromatic heterocycles. The largest absolute Gasteiger partial charge is 0.452 e. The summed E-state index contributed by atoms with van der Waals surface area (Å²) >= 11 is 0. The maximum atomic E-state index is 11.7. The number of hydrogen-bond donors (Lipinski definition) is 0. The summed E-state index contributed by atoms with van der Waals surface area (Å²) in [7, 11) is 0.